The minimum atomic E-state index is 1.04. The lowest BCUT2D eigenvalue weighted by Crippen LogP contribution is -2.60. The van der Waals surface area contributed by atoms with E-state index in [1.807, 2.05) is 0 Å². The fourth-order valence-electron chi connectivity index (χ4n) is 4.90. The molecule has 0 aromatic carbocycles. The summed E-state index contributed by atoms with van der Waals surface area (Å²) in [5.74, 6) is 6.95. The van der Waals surface area contributed by atoms with Crippen LogP contribution in [0.15, 0.2) is 0 Å². The highest BCUT2D eigenvalue weighted by atomic mass is 14.6. The van der Waals surface area contributed by atoms with Crippen LogP contribution in [0.3, 0.4) is 0 Å². The molecule has 3 aliphatic carbocycles. The molecule has 0 aromatic rings. The van der Waals surface area contributed by atoms with Gasteiger partial charge in [0.2, 0.25) is 0 Å². The van der Waals surface area contributed by atoms with E-state index in [0.29, 0.717) is 0 Å². The zero-order valence-corrected chi connectivity index (χ0v) is 9.71. The van der Waals surface area contributed by atoms with Gasteiger partial charge in [-0.2, -0.15) is 0 Å². The molecular weight excluding hydrogens is 168 g/mol. The van der Waals surface area contributed by atoms with E-state index in [4.69, 9.17) is 0 Å². The predicted molar refractivity (Wildman–Crippen MR) is 60.0 cm³/mol. The van der Waals surface area contributed by atoms with Gasteiger partial charge in [-0.1, -0.05) is 33.1 Å². The maximum Gasteiger partial charge on any atom is -0.0323 e. The molecule has 0 radical (unpaired) electrons. The molecule has 3 saturated carbocycles. The van der Waals surface area contributed by atoms with E-state index in [-0.39, 0.29) is 0 Å². The molecule has 0 aliphatic heterocycles. The van der Waals surface area contributed by atoms with Gasteiger partial charge in [-0.25, -0.2) is 0 Å². The van der Waals surface area contributed by atoms with Crippen LogP contribution < -0.4 is 0 Å². The molecule has 3 fully saturated rings. The fourth-order valence-corrected chi connectivity index (χ4v) is 4.90. The van der Waals surface area contributed by atoms with Gasteiger partial charge in [0.25, 0.3) is 0 Å². The largest absolute Gasteiger partial charge is 0.0654 e. The minimum absolute atomic E-state index is 1.04. The highest BCUT2D eigenvalue weighted by Crippen LogP contribution is 2.67. The van der Waals surface area contributed by atoms with Crippen molar-refractivity contribution < 1.29 is 0 Å². The van der Waals surface area contributed by atoms with Crippen molar-refractivity contribution in [3.63, 3.8) is 0 Å². The standard InChI is InChI=1S/C14H24/c1-3-4-10-8-13-11-6-5-9(2)7-12(11)14(10)13/h9-14H,3-8H2,1-2H3. The van der Waals surface area contributed by atoms with Crippen molar-refractivity contribution in [2.75, 3.05) is 0 Å². The highest BCUT2D eigenvalue weighted by molar-refractivity contribution is 5.08. The second kappa shape index (κ2) is 3.25. The molecule has 0 amide bonds. The SMILES string of the molecule is CCCC1CC2C3CCC(C)CC3C12. The van der Waals surface area contributed by atoms with Gasteiger partial charge >= 0.3 is 0 Å². The monoisotopic (exact) mass is 192 g/mol. The molecule has 0 aromatic heterocycles. The van der Waals surface area contributed by atoms with Crippen LogP contribution in [0.4, 0.5) is 0 Å². The van der Waals surface area contributed by atoms with Gasteiger partial charge in [-0.15, -0.1) is 0 Å². The molecule has 6 atom stereocenters. The minimum Gasteiger partial charge on any atom is -0.0654 e. The summed E-state index contributed by atoms with van der Waals surface area (Å²) in [7, 11) is 0. The third-order valence-electron chi connectivity index (χ3n) is 5.53. The average Bonchev–Trinajstić information content (AvgIpc) is 2.12. The van der Waals surface area contributed by atoms with E-state index in [9.17, 15) is 0 Å². The molecule has 80 valence electrons. The molecule has 6 unspecified atom stereocenters. The summed E-state index contributed by atoms with van der Waals surface area (Å²) in [4.78, 5) is 0. The molecule has 3 rings (SSSR count). The Morgan fingerprint density at radius 2 is 1.79 bits per heavy atom. The zero-order chi connectivity index (χ0) is 9.71. The van der Waals surface area contributed by atoms with Crippen LogP contribution in [0, 0.1) is 35.5 Å². The number of rotatable bonds is 2. The van der Waals surface area contributed by atoms with Gasteiger partial charge in [0.1, 0.15) is 0 Å². The van der Waals surface area contributed by atoms with Gasteiger partial charge in [0.05, 0.1) is 0 Å². The second-order valence-corrected chi connectivity index (χ2v) is 6.27. The Hall–Kier alpha value is 0. The maximum absolute atomic E-state index is 2.47. The Labute approximate surface area is 88.5 Å². The smallest absolute Gasteiger partial charge is 0.0323 e. The summed E-state index contributed by atoms with van der Waals surface area (Å²) < 4.78 is 0. The molecule has 0 heterocycles. The maximum atomic E-state index is 2.47. The predicted octanol–water partition coefficient (Wildman–Crippen LogP) is 4.10. The summed E-state index contributed by atoms with van der Waals surface area (Å²) >= 11 is 0. The molecule has 0 N–H and O–H groups in total. The van der Waals surface area contributed by atoms with E-state index < -0.39 is 0 Å². The van der Waals surface area contributed by atoms with Crippen LogP contribution in [0.25, 0.3) is 0 Å². The first-order valence-corrected chi connectivity index (χ1v) is 6.81. The molecule has 0 heteroatoms. The first-order valence-electron chi connectivity index (χ1n) is 6.81. The first-order chi connectivity index (χ1) is 6.81. The zero-order valence-electron chi connectivity index (χ0n) is 9.71. The highest BCUT2D eigenvalue weighted by Gasteiger charge is 2.60. The Bertz CT molecular complexity index is 216. The first kappa shape index (κ1) is 9.24. The molecular formula is C14H24. The Kier molecular flexibility index (Phi) is 2.15. The summed E-state index contributed by atoms with van der Waals surface area (Å²) in [6, 6.07) is 0. The fraction of sp³-hybridized carbons (Fsp3) is 1.00. The van der Waals surface area contributed by atoms with Crippen LogP contribution in [-0.4, -0.2) is 0 Å². The van der Waals surface area contributed by atoms with Crippen LogP contribution in [0.1, 0.15) is 52.4 Å². The van der Waals surface area contributed by atoms with Gasteiger partial charge in [-0.3, -0.25) is 0 Å². The Morgan fingerprint density at radius 1 is 1.00 bits per heavy atom. The lowest BCUT2D eigenvalue weighted by atomic mass is 9.39. The van der Waals surface area contributed by atoms with Crippen molar-refractivity contribution in [2.24, 2.45) is 35.5 Å². The molecule has 0 saturated heterocycles. The van der Waals surface area contributed by atoms with Crippen LogP contribution in [-0.2, 0) is 0 Å². The lowest BCUT2D eigenvalue weighted by molar-refractivity contribution is -0.178. The third kappa shape index (κ3) is 1.12. The van der Waals surface area contributed by atoms with Crippen molar-refractivity contribution in [3.8, 4) is 0 Å². The Morgan fingerprint density at radius 3 is 2.57 bits per heavy atom. The molecule has 0 nitrogen and oxygen atoms in total. The average molecular weight is 192 g/mol. The van der Waals surface area contributed by atoms with Crippen molar-refractivity contribution in [2.45, 2.75) is 52.4 Å². The Balaban J connectivity index is 1.62. The van der Waals surface area contributed by atoms with Crippen molar-refractivity contribution in [3.05, 3.63) is 0 Å². The number of fused-ring (bicyclic) bond motifs is 4. The molecule has 14 heavy (non-hydrogen) atoms. The van der Waals surface area contributed by atoms with E-state index in [1.54, 1.807) is 19.3 Å². The molecule has 3 aliphatic rings. The van der Waals surface area contributed by atoms with Crippen LogP contribution in [0.5, 0.6) is 0 Å². The van der Waals surface area contributed by atoms with E-state index in [1.165, 1.54) is 42.9 Å². The van der Waals surface area contributed by atoms with Gasteiger partial charge in [0.15, 0.2) is 0 Å². The van der Waals surface area contributed by atoms with Crippen molar-refractivity contribution >= 4 is 0 Å². The summed E-state index contributed by atoms with van der Waals surface area (Å²) in [5, 5.41) is 0. The lowest BCUT2D eigenvalue weighted by Gasteiger charge is -2.66. The van der Waals surface area contributed by atoms with Crippen molar-refractivity contribution in [1.29, 1.82) is 0 Å². The van der Waals surface area contributed by atoms with Gasteiger partial charge < -0.3 is 0 Å². The van der Waals surface area contributed by atoms with Crippen LogP contribution in [0.2, 0.25) is 0 Å². The van der Waals surface area contributed by atoms with E-state index >= 15 is 0 Å². The quantitative estimate of drug-likeness (QED) is 0.618. The summed E-state index contributed by atoms with van der Waals surface area (Å²) in [6.07, 6.45) is 9.23. The molecule has 0 spiro atoms. The summed E-state index contributed by atoms with van der Waals surface area (Å²) in [6.45, 7) is 4.82. The van der Waals surface area contributed by atoms with E-state index in [2.05, 4.69) is 13.8 Å². The number of hydrogen-bond acceptors (Lipinski definition) is 0. The van der Waals surface area contributed by atoms with Gasteiger partial charge in [0, 0.05) is 0 Å². The number of hydrogen-bond donors (Lipinski definition) is 0. The second-order valence-electron chi connectivity index (χ2n) is 6.27. The van der Waals surface area contributed by atoms with Crippen molar-refractivity contribution in [1.82, 2.24) is 0 Å². The van der Waals surface area contributed by atoms with Gasteiger partial charge in [-0.05, 0) is 54.8 Å². The normalized spacial score (nSPS) is 55.3. The van der Waals surface area contributed by atoms with E-state index in [0.717, 1.165) is 11.8 Å². The topological polar surface area (TPSA) is 0 Å². The molecule has 0 bridgehead atoms. The summed E-state index contributed by atoms with van der Waals surface area (Å²) in [5.41, 5.74) is 0. The van der Waals surface area contributed by atoms with Crippen LogP contribution >= 0.6 is 0 Å². The third-order valence-corrected chi connectivity index (χ3v) is 5.53.